The van der Waals surface area contributed by atoms with E-state index in [1.807, 2.05) is 18.3 Å². The molecule has 4 nitrogen and oxygen atoms in total. The molecule has 0 unspecified atom stereocenters. The maximum atomic E-state index is 5.76. The number of hydrogen-bond donors (Lipinski definition) is 2. The van der Waals surface area contributed by atoms with E-state index in [0.717, 1.165) is 25.0 Å². The van der Waals surface area contributed by atoms with E-state index in [4.69, 9.17) is 10.7 Å². The van der Waals surface area contributed by atoms with Crippen LogP contribution in [0.5, 0.6) is 0 Å². The van der Waals surface area contributed by atoms with Crippen molar-refractivity contribution in [2.75, 3.05) is 13.1 Å². The Labute approximate surface area is 142 Å². The van der Waals surface area contributed by atoms with Crippen LogP contribution < -0.4 is 11.1 Å². The van der Waals surface area contributed by atoms with E-state index >= 15 is 0 Å². The number of fused-ring (bicyclic) bond motifs is 1. The number of aryl methyl sites for hydroxylation is 2. The van der Waals surface area contributed by atoms with Crippen molar-refractivity contribution in [2.24, 2.45) is 10.7 Å². The number of hydrogen-bond acceptors (Lipinski definition) is 3. The molecule has 1 aromatic heterocycles. The molecule has 0 amide bonds. The van der Waals surface area contributed by atoms with Crippen LogP contribution in [0.2, 0.25) is 0 Å². The lowest BCUT2D eigenvalue weighted by molar-refractivity contribution is 0.680. The monoisotopic (exact) mass is 406 g/mol. The van der Waals surface area contributed by atoms with Gasteiger partial charge in [0, 0.05) is 17.8 Å². The van der Waals surface area contributed by atoms with Crippen molar-refractivity contribution in [3.05, 3.63) is 27.7 Å². The van der Waals surface area contributed by atoms with Crippen LogP contribution in [0.3, 0.4) is 0 Å². The van der Waals surface area contributed by atoms with E-state index in [2.05, 4.69) is 16.9 Å². The van der Waals surface area contributed by atoms with Gasteiger partial charge in [-0.3, -0.25) is 0 Å². The summed E-state index contributed by atoms with van der Waals surface area (Å²) in [7, 11) is 0. The molecule has 0 spiro atoms. The Balaban J connectivity index is 0.00000200. The Morgan fingerprint density at radius 1 is 1.45 bits per heavy atom. The summed E-state index contributed by atoms with van der Waals surface area (Å²) < 4.78 is 0. The normalized spacial score (nSPS) is 14.3. The average Bonchev–Trinajstić information content (AvgIpc) is 2.79. The lowest BCUT2D eigenvalue weighted by Crippen LogP contribution is -2.33. The van der Waals surface area contributed by atoms with E-state index < -0.39 is 0 Å². The molecule has 6 heteroatoms. The van der Waals surface area contributed by atoms with Gasteiger partial charge in [-0.1, -0.05) is 12.2 Å². The SMILES string of the molecule is C=C(C)CN=C(N)NCCc1nc2c(s1)CCCC2.I. The van der Waals surface area contributed by atoms with Gasteiger partial charge in [0.25, 0.3) is 0 Å². The highest BCUT2D eigenvalue weighted by atomic mass is 127. The average molecular weight is 406 g/mol. The first-order chi connectivity index (χ1) is 9.15. The molecule has 0 bridgehead atoms. The van der Waals surface area contributed by atoms with E-state index in [9.17, 15) is 0 Å². The summed E-state index contributed by atoms with van der Waals surface area (Å²) in [5, 5.41) is 4.34. The van der Waals surface area contributed by atoms with Crippen LogP contribution >= 0.6 is 35.3 Å². The molecule has 0 aromatic carbocycles. The van der Waals surface area contributed by atoms with Gasteiger partial charge in [-0.25, -0.2) is 9.98 Å². The van der Waals surface area contributed by atoms with Crippen LogP contribution in [-0.4, -0.2) is 24.0 Å². The maximum absolute atomic E-state index is 5.76. The van der Waals surface area contributed by atoms with Crippen molar-refractivity contribution in [2.45, 2.75) is 39.0 Å². The van der Waals surface area contributed by atoms with Gasteiger partial charge < -0.3 is 11.1 Å². The standard InChI is InChI=1S/C14H22N4S.HI/c1-10(2)9-17-14(15)16-8-7-13-18-11-5-3-4-6-12(11)19-13;/h1,3-9H2,2H3,(H3,15,16,17);1H. The number of nitrogens with one attached hydrogen (secondary N) is 1. The summed E-state index contributed by atoms with van der Waals surface area (Å²) in [6, 6.07) is 0. The molecule has 0 saturated heterocycles. The molecule has 112 valence electrons. The van der Waals surface area contributed by atoms with Crippen molar-refractivity contribution in [1.29, 1.82) is 0 Å². The number of aromatic nitrogens is 1. The highest BCUT2D eigenvalue weighted by Crippen LogP contribution is 2.26. The van der Waals surface area contributed by atoms with Crippen LogP contribution in [0.4, 0.5) is 0 Å². The number of nitrogens with zero attached hydrogens (tertiary/aromatic N) is 2. The van der Waals surface area contributed by atoms with Crippen LogP contribution in [0.15, 0.2) is 17.1 Å². The molecule has 0 fully saturated rings. The highest BCUT2D eigenvalue weighted by Gasteiger charge is 2.14. The van der Waals surface area contributed by atoms with Gasteiger partial charge in [-0.15, -0.1) is 35.3 Å². The lowest BCUT2D eigenvalue weighted by Gasteiger charge is -2.06. The molecule has 0 atom stereocenters. The third-order valence-electron chi connectivity index (χ3n) is 3.05. The molecule has 3 N–H and O–H groups in total. The minimum atomic E-state index is 0. The Morgan fingerprint density at radius 2 is 2.20 bits per heavy atom. The number of rotatable bonds is 5. The molecule has 20 heavy (non-hydrogen) atoms. The second kappa shape index (κ2) is 8.61. The Kier molecular flexibility index (Phi) is 7.50. The van der Waals surface area contributed by atoms with Crippen LogP contribution in [0.25, 0.3) is 0 Å². The summed E-state index contributed by atoms with van der Waals surface area (Å²) in [4.78, 5) is 10.4. The van der Waals surface area contributed by atoms with E-state index in [-0.39, 0.29) is 24.0 Å². The van der Waals surface area contributed by atoms with Crippen LogP contribution in [0, 0.1) is 0 Å². The van der Waals surface area contributed by atoms with Gasteiger partial charge in [0.05, 0.1) is 17.2 Å². The molecule has 0 saturated carbocycles. The van der Waals surface area contributed by atoms with Crippen molar-refractivity contribution in [1.82, 2.24) is 10.3 Å². The number of guanidine groups is 1. The topological polar surface area (TPSA) is 63.3 Å². The molecule has 0 radical (unpaired) electrons. The zero-order valence-corrected chi connectivity index (χ0v) is 15.1. The van der Waals surface area contributed by atoms with Crippen molar-refractivity contribution >= 4 is 41.3 Å². The minimum absolute atomic E-state index is 0. The first kappa shape index (κ1) is 17.4. The third kappa shape index (κ3) is 5.40. The fraction of sp³-hybridized carbons (Fsp3) is 0.571. The minimum Gasteiger partial charge on any atom is -0.370 e. The lowest BCUT2D eigenvalue weighted by atomic mass is 10.0. The zero-order valence-electron chi connectivity index (χ0n) is 11.9. The number of aliphatic imine (C=N–C) groups is 1. The summed E-state index contributed by atoms with van der Waals surface area (Å²) in [6.07, 6.45) is 5.88. The summed E-state index contributed by atoms with van der Waals surface area (Å²) in [5.41, 5.74) is 8.10. The van der Waals surface area contributed by atoms with Crippen molar-refractivity contribution in [3.8, 4) is 0 Å². The summed E-state index contributed by atoms with van der Waals surface area (Å²) in [5.74, 6) is 0.490. The second-order valence-electron chi connectivity index (χ2n) is 5.02. The molecule has 1 heterocycles. The molecular weight excluding hydrogens is 383 g/mol. The molecule has 2 rings (SSSR count). The third-order valence-corrected chi connectivity index (χ3v) is 4.27. The van der Waals surface area contributed by atoms with E-state index in [1.165, 1.54) is 34.8 Å². The van der Waals surface area contributed by atoms with E-state index in [1.54, 1.807) is 0 Å². The van der Waals surface area contributed by atoms with Crippen molar-refractivity contribution in [3.63, 3.8) is 0 Å². The van der Waals surface area contributed by atoms with Gasteiger partial charge in [0.15, 0.2) is 5.96 Å². The van der Waals surface area contributed by atoms with Gasteiger partial charge in [0.1, 0.15) is 0 Å². The smallest absolute Gasteiger partial charge is 0.188 e. The largest absolute Gasteiger partial charge is 0.370 e. The predicted molar refractivity (Wildman–Crippen MR) is 97.2 cm³/mol. The van der Waals surface area contributed by atoms with Gasteiger partial charge >= 0.3 is 0 Å². The molecule has 1 aromatic rings. The zero-order chi connectivity index (χ0) is 13.7. The fourth-order valence-electron chi connectivity index (χ4n) is 2.09. The Hall–Kier alpha value is -0.630. The van der Waals surface area contributed by atoms with Gasteiger partial charge in [-0.05, 0) is 32.6 Å². The first-order valence-corrected chi connectivity index (χ1v) is 7.62. The van der Waals surface area contributed by atoms with E-state index in [0.29, 0.717) is 12.5 Å². The summed E-state index contributed by atoms with van der Waals surface area (Å²) >= 11 is 1.86. The highest BCUT2D eigenvalue weighted by molar-refractivity contribution is 14.0. The number of nitrogens with two attached hydrogens (primary N) is 1. The summed E-state index contributed by atoms with van der Waals surface area (Å²) in [6.45, 7) is 7.11. The maximum Gasteiger partial charge on any atom is 0.188 e. The predicted octanol–water partition coefficient (Wildman–Crippen LogP) is 2.66. The van der Waals surface area contributed by atoms with Crippen LogP contribution in [-0.2, 0) is 19.3 Å². The van der Waals surface area contributed by atoms with Gasteiger partial charge in [0.2, 0.25) is 0 Å². The van der Waals surface area contributed by atoms with Crippen molar-refractivity contribution < 1.29 is 0 Å². The quantitative estimate of drug-likeness (QED) is 0.342. The number of halogens is 1. The molecule has 0 aliphatic heterocycles. The molecular formula is C14H23IN4S. The van der Waals surface area contributed by atoms with Crippen LogP contribution in [0.1, 0.15) is 35.3 Å². The Bertz CT molecular complexity index is 458. The molecule has 1 aliphatic rings. The Morgan fingerprint density at radius 3 is 2.90 bits per heavy atom. The fourth-order valence-corrected chi connectivity index (χ4v) is 3.24. The molecule has 1 aliphatic carbocycles. The number of thiazole rings is 1. The first-order valence-electron chi connectivity index (χ1n) is 6.81. The second-order valence-corrected chi connectivity index (χ2v) is 6.19. The van der Waals surface area contributed by atoms with Gasteiger partial charge in [-0.2, -0.15) is 0 Å².